The van der Waals surface area contributed by atoms with Crippen molar-refractivity contribution in [3.8, 4) is 0 Å². The second-order valence-electron chi connectivity index (χ2n) is 5.83. The topological polar surface area (TPSA) is 62.0 Å². The smallest absolute Gasteiger partial charge is 0.255 e. The zero-order valence-corrected chi connectivity index (χ0v) is 13.4. The van der Waals surface area contributed by atoms with Crippen LogP contribution in [0.3, 0.4) is 0 Å². The highest BCUT2D eigenvalue weighted by Gasteiger charge is 2.09. The Morgan fingerprint density at radius 1 is 0.957 bits per heavy atom. The lowest BCUT2D eigenvalue weighted by Crippen LogP contribution is -2.13. The van der Waals surface area contributed by atoms with Gasteiger partial charge in [0.05, 0.1) is 0 Å². The Labute approximate surface area is 134 Å². The van der Waals surface area contributed by atoms with Gasteiger partial charge in [-0.2, -0.15) is 0 Å². The van der Waals surface area contributed by atoms with Gasteiger partial charge in [-0.15, -0.1) is 0 Å². The SMILES string of the molecule is Cc1cc(=O)c2cc(C(=O)Nc3ccc(C)c(C)c3)ccc2[nH]1. The zero-order chi connectivity index (χ0) is 16.6. The molecular weight excluding hydrogens is 288 g/mol. The van der Waals surface area contributed by atoms with Crippen molar-refractivity contribution in [3.63, 3.8) is 0 Å². The fraction of sp³-hybridized carbons (Fsp3) is 0.158. The van der Waals surface area contributed by atoms with Crippen molar-refractivity contribution in [2.75, 3.05) is 5.32 Å². The maximum Gasteiger partial charge on any atom is 0.255 e. The number of hydrogen-bond donors (Lipinski definition) is 2. The largest absolute Gasteiger partial charge is 0.358 e. The third kappa shape index (κ3) is 3.01. The maximum atomic E-state index is 12.4. The first kappa shape index (κ1) is 15.0. The Morgan fingerprint density at radius 3 is 2.48 bits per heavy atom. The van der Waals surface area contributed by atoms with E-state index in [1.807, 2.05) is 39.0 Å². The van der Waals surface area contributed by atoms with E-state index in [1.54, 1.807) is 18.2 Å². The quantitative estimate of drug-likeness (QED) is 0.758. The van der Waals surface area contributed by atoms with Crippen LogP contribution in [0.1, 0.15) is 27.2 Å². The fourth-order valence-corrected chi connectivity index (χ4v) is 2.54. The molecule has 2 N–H and O–H groups in total. The molecule has 2 aromatic carbocycles. The molecule has 0 bridgehead atoms. The predicted molar refractivity (Wildman–Crippen MR) is 93.2 cm³/mol. The lowest BCUT2D eigenvalue weighted by Gasteiger charge is -2.08. The minimum Gasteiger partial charge on any atom is -0.358 e. The van der Waals surface area contributed by atoms with Crippen LogP contribution >= 0.6 is 0 Å². The number of rotatable bonds is 2. The van der Waals surface area contributed by atoms with Crippen molar-refractivity contribution < 1.29 is 4.79 Å². The Kier molecular flexibility index (Phi) is 3.74. The van der Waals surface area contributed by atoms with Crippen LogP contribution in [0.5, 0.6) is 0 Å². The molecule has 1 aromatic heterocycles. The number of aromatic amines is 1. The molecule has 0 saturated carbocycles. The van der Waals surface area contributed by atoms with E-state index >= 15 is 0 Å². The molecule has 0 fully saturated rings. The first-order chi connectivity index (χ1) is 10.9. The van der Waals surface area contributed by atoms with Gasteiger partial charge in [0.15, 0.2) is 5.43 Å². The van der Waals surface area contributed by atoms with Crippen molar-refractivity contribution in [2.24, 2.45) is 0 Å². The average molecular weight is 306 g/mol. The van der Waals surface area contributed by atoms with Gasteiger partial charge in [-0.25, -0.2) is 0 Å². The van der Waals surface area contributed by atoms with E-state index in [9.17, 15) is 9.59 Å². The first-order valence-corrected chi connectivity index (χ1v) is 7.46. The van der Waals surface area contributed by atoms with Crippen LogP contribution in [0.15, 0.2) is 47.3 Å². The summed E-state index contributed by atoms with van der Waals surface area (Å²) in [5, 5.41) is 3.39. The molecule has 1 amide bonds. The van der Waals surface area contributed by atoms with E-state index in [0.29, 0.717) is 10.9 Å². The van der Waals surface area contributed by atoms with Crippen molar-refractivity contribution in [1.82, 2.24) is 4.98 Å². The summed E-state index contributed by atoms with van der Waals surface area (Å²) in [6, 6.07) is 12.4. The van der Waals surface area contributed by atoms with Crippen molar-refractivity contribution in [2.45, 2.75) is 20.8 Å². The number of carbonyl (C=O) groups excluding carboxylic acids is 1. The van der Waals surface area contributed by atoms with Gasteiger partial charge in [-0.05, 0) is 62.2 Å². The van der Waals surface area contributed by atoms with E-state index in [1.165, 1.54) is 11.6 Å². The number of H-pyrrole nitrogens is 1. The molecule has 0 aliphatic carbocycles. The number of pyridine rings is 1. The van der Waals surface area contributed by atoms with E-state index in [4.69, 9.17) is 0 Å². The van der Waals surface area contributed by atoms with Crippen LogP contribution in [-0.4, -0.2) is 10.9 Å². The van der Waals surface area contributed by atoms with Gasteiger partial charge < -0.3 is 10.3 Å². The summed E-state index contributed by atoms with van der Waals surface area (Å²) in [7, 11) is 0. The Bertz CT molecular complexity index is 971. The summed E-state index contributed by atoms with van der Waals surface area (Å²) in [5.41, 5.74) is 4.95. The number of aromatic nitrogens is 1. The van der Waals surface area contributed by atoms with E-state index in [2.05, 4.69) is 10.3 Å². The van der Waals surface area contributed by atoms with Gasteiger partial charge in [0.2, 0.25) is 0 Å². The second kappa shape index (κ2) is 5.72. The van der Waals surface area contributed by atoms with Crippen molar-refractivity contribution >= 4 is 22.5 Å². The summed E-state index contributed by atoms with van der Waals surface area (Å²) < 4.78 is 0. The molecule has 0 radical (unpaired) electrons. The number of nitrogens with one attached hydrogen (secondary N) is 2. The molecule has 0 aliphatic rings. The standard InChI is InChI=1S/C19H18N2O2/c1-11-4-6-15(8-12(11)2)21-19(23)14-5-7-17-16(10-14)18(22)9-13(3)20-17/h4-10H,1-3H3,(H,20,22)(H,21,23). The average Bonchev–Trinajstić information content (AvgIpc) is 2.50. The molecule has 3 aromatic rings. The lowest BCUT2D eigenvalue weighted by molar-refractivity contribution is 0.102. The van der Waals surface area contributed by atoms with Crippen LogP contribution in [0.4, 0.5) is 5.69 Å². The van der Waals surface area contributed by atoms with Gasteiger partial charge in [-0.3, -0.25) is 9.59 Å². The first-order valence-electron chi connectivity index (χ1n) is 7.46. The Morgan fingerprint density at radius 2 is 1.74 bits per heavy atom. The fourth-order valence-electron chi connectivity index (χ4n) is 2.54. The molecule has 0 atom stereocenters. The molecule has 1 heterocycles. The molecule has 4 heteroatoms. The van der Waals surface area contributed by atoms with Crippen molar-refractivity contribution in [3.05, 3.63) is 75.1 Å². The normalized spacial score (nSPS) is 10.7. The molecule has 0 aliphatic heterocycles. The maximum absolute atomic E-state index is 12.4. The number of hydrogen-bond acceptors (Lipinski definition) is 2. The predicted octanol–water partition coefficient (Wildman–Crippen LogP) is 3.71. The van der Waals surface area contributed by atoms with Crippen LogP contribution in [0.25, 0.3) is 10.9 Å². The number of fused-ring (bicyclic) bond motifs is 1. The second-order valence-corrected chi connectivity index (χ2v) is 5.83. The highest BCUT2D eigenvalue weighted by molar-refractivity contribution is 6.06. The van der Waals surface area contributed by atoms with Crippen LogP contribution in [0, 0.1) is 20.8 Å². The summed E-state index contributed by atoms with van der Waals surface area (Å²) in [6.07, 6.45) is 0. The number of anilines is 1. The lowest BCUT2D eigenvalue weighted by atomic mass is 10.1. The Balaban J connectivity index is 1.94. The minimum atomic E-state index is -0.227. The van der Waals surface area contributed by atoms with Gasteiger partial charge in [0, 0.05) is 33.9 Å². The van der Waals surface area contributed by atoms with Gasteiger partial charge in [0.25, 0.3) is 5.91 Å². The minimum absolute atomic E-state index is 0.0860. The molecule has 23 heavy (non-hydrogen) atoms. The molecule has 3 rings (SSSR count). The van der Waals surface area contributed by atoms with Crippen molar-refractivity contribution in [1.29, 1.82) is 0 Å². The van der Waals surface area contributed by atoms with Crippen LogP contribution in [0.2, 0.25) is 0 Å². The molecule has 116 valence electrons. The monoisotopic (exact) mass is 306 g/mol. The van der Waals surface area contributed by atoms with E-state index < -0.39 is 0 Å². The van der Waals surface area contributed by atoms with E-state index in [0.717, 1.165) is 22.5 Å². The number of carbonyl (C=O) groups is 1. The van der Waals surface area contributed by atoms with Crippen LogP contribution < -0.4 is 10.7 Å². The summed E-state index contributed by atoms with van der Waals surface area (Å²) in [5.74, 6) is -0.227. The molecular formula is C19H18N2O2. The number of aryl methyl sites for hydroxylation is 3. The third-order valence-corrected chi connectivity index (χ3v) is 3.99. The molecule has 4 nitrogen and oxygen atoms in total. The molecule has 0 spiro atoms. The third-order valence-electron chi connectivity index (χ3n) is 3.99. The zero-order valence-electron chi connectivity index (χ0n) is 13.4. The summed E-state index contributed by atoms with van der Waals surface area (Å²) in [6.45, 7) is 5.86. The van der Waals surface area contributed by atoms with Gasteiger partial charge >= 0.3 is 0 Å². The summed E-state index contributed by atoms with van der Waals surface area (Å²) in [4.78, 5) is 27.6. The van der Waals surface area contributed by atoms with E-state index in [-0.39, 0.29) is 11.3 Å². The molecule has 0 unspecified atom stereocenters. The summed E-state index contributed by atoms with van der Waals surface area (Å²) >= 11 is 0. The highest BCUT2D eigenvalue weighted by Crippen LogP contribution is 2.17. The van der Waals surface area contributed by atoms with Gasteiger partial charge in [0.1, 0.15) is 0 Å². The van der Waals surface area contributed by atoms with Crippen LogP contribution in [-0.2, 0) is 0 Å². The number of amides is 1. The number of benzene rings is 2. The highest BCUT2D eigenvalue weighted by atomic mass is 16.1. The Hall–Kier alpha value is -2.88. The molecule has 0 saturated heterocycles. The van der Waals surface area contributed by atoms with Gasteiger partial charge in [-0.1, -0.05) is 6.07 Å².